The Balaban J connectivity index is 2.87. The molecule has 0 aromatic heterocycles. The van der Waals surface area contributed by atoms with E-state index in [0.717, 1.165) is 12.8 Å². The van der Waals surface area contributed by atoms with Gasteiger partial charge in [-0.05, 0) is 52.9 Å². The van der Waals surface area contributed by atoms with Crippen LogP contribution in [-0.4, -0.2) is 21.3 Å². The molecule has 1 aliphatic heterocycles. The molecule has 0 saturated carbocycles. The van der Waals surface area contributed by atoms with Crippen molar-refractivity contribution in [3.63, 3.8) is 0 Å². The van der Waals surface area contributed by atoms with E-state index in [9.17, 15) is 5.21 Å². The van der Waals surface area contributed by atoms with Gasteiger partial charge in [0, 0.05) is 11.1 Å². The number of hydrogen-bond donors (Lipinski definition) is 1. The molecule has 2 nitrogen and oxygen atoms in total. The fourth-order valence-corrected chi connectivity index (χ4v) is 2.57. The second kappa shape index (κ2) is 3.25. The highest BCUT2D eigenvalue weighted by atomic mass is 16.5. The molecule has 1 atom stereocenters. The average molecular weight is 185 g/mol. The van der Waals surface area contributed by atoms with Gasteiger partial charge in [0.1, 0.15) is 0 Å². The SMILES string of the molecule is CC1CCC(C)(C)N(O)C(C)(C)C1. The fourth-order valence-electron chi connectivity index (χ4n) is 2.57. The number of hydrogen-bond acceptors (Lipinski definition) is 2. The molecule has 1 saturated heterocycles. The van der Waals surface area contributed by atoms with Crippen LogP contribution >= 0.6 is 0 Å². The first-order chi connectivity index (χ1) is 5.76. The Morgan fingerprint density at radius 3 is 2.23 bits per heavy atom. The van der Waals surface area contributed by atoms with E-state index >= 15 is 0 Å². The van der Waals surface area contributed by atoms with Crippen molar-refractivity contribution in [2.24, 2.45) is 5.92 Å². The molecule has 0 bridgehead atoms. The fraction of sp³-hybridized carbons (Fsp3) is 1.00. The molecule has 0 radical (unpaired) electrons. The summed E-state index contributed by atoms with van der Waals surface area (Å²) in [6, 6.07) is 0. The average Bonchev–Trinajstić information content (AvgIpc) is 2.03. The molecule has 1 heterocycles. The smallest absolute Gasteiger partial charge is 0.0412 e. The van der Waals surface area contributed by atoms with Gasteiger partial charge in [-0.15, -0.1) is 0 Å². The summed E-state index contributed by atoms with van der Waals surface area (Å²) in [5.74, 6) is 0.714. The monoisotopic (exact) mass is 185 g/mol. The predicted octanol–water partition coefficient (Wildman–Crippen LogP) is 3.05. The van der Waals surface area contributed by atoms with Crippen molar-refractivity contribution in [1.82, 2.24) is 5.06 Å². The number of rotatable bonds is 0. The third-order valence-electron chi connectivity index (χ3n) is 3.24. The molecule has 0 spiro atoms. The minimum atomic E-state index is -0.0839. The molecule has 1 aliphatic rings. The summed E-state index contributed by atoms with van der Waals surface area (Å²) >= 11 is 0. The van der Waals surface area contributed by atoms with Gasteiger partial charge in [0.25, 0.3) is 0 Å². The van der Waals surface area contributed by atoms with Gasteiger partial charge in [0.2, 0.25) is 0 Å². The number of hydroxylamine groups is 2. The van der Waals surface area contributed by atoms with E-state index in [1.54, 1.807) is 5.06 Å². The minimum Gasteiger partial charge on any atom is -0.313 e. The maximum Gasteiger partial charge on any atom is 0.0412 e. The van der Waals surface area contributed by atoms with Crippen molar-refractivity contribution < 1.29 is 5.21 Å². The summed E-state index contributed by atoms with van der Waals surface area (Å²) in [7, 11) is 0. The van der Waals surface area contributed by atoms with Gasteiger partial charge >= 0.3 is 0 Å². The van der Waals surface area contributed by atoms with Crippen molar-refractivity contribution in [1.29, 1.82) is 0 Å². The molecule has 1 N–H and O–H groups in total. The maximum atomic E-state index is 10.1. The summed E-state index contributed by atoms with van der Waals surface area (Å²) in [5, 5.41) is 11.7. The topological polar surface area (TPSA) is 23.5 Å². The third-order valence-corrected chi connectivity index (χ3v) is 3.24. The largest absolute Gasteiger partial charge is 0.313 e. The zero-order valence-corrected chi connectivity index (χ0v) is 9.59. The Morgan fingerprint density at radius 2 is 1.69 bits per heavy atom. The first kappa shape index (κ1) is 11.0. The van der Waals surface area contributed by atoms with Crippen LogP contribution in [-0.2, 0) is 0 Å². The van der Waals surface area contributed by atoms with Crippen LogP contribution in [0.1, 0.15) is 53.9 Å². The molecule has 78 valence electrons. The lowest BCUT2D eigenvalue weighted by atomic mass is 9.91. The van der Waals surface area contributed by atoms with Crippen LogP contribution in [0.3, 0.4) is 0 Å². The Labute approximate surface area is 81.9 Å². The highest BCUT2D eigenvalue weighted by molar-refractivity contribution is 4.91. The molecule has 1 fully saturated rings. The van der Waals surface area contributed by atoms with Gasteiger partial charge < -0.3 is 5.21 Å². The first-order valence-corrected chi connectivity index (χ1v) is 5.25. The molecule has 0 aromatic carbocycles. The zero-order valence-electron chi connectivity index (χ0n) is 9.59. The van der Waals surface area contributed by atoms with Crippen LogP contribution in [0.5, 0.6) is 0 Å². The van der Waals surface area contributed by atoms with Crippen molar-refractivity contribution in [2.45, 2.75) is 65.0 Å². The van der Waals surface area contributed by atoms with E-state index in [1.807, 2.05) is 0 Å². The van der Waals surface area contributed by atoms with E-state index in [0.29, 0.717) is 5.92 Å². The summed E-state index contributed by atoms with van der Waals surface area (Å²) in [6.45, 7) is 10.8. The van der Waals surface area contributed by atoms with Gasteiger partial charge in [0.15, 0.2) is 0 Å². The van der Waals surface area contributed by atoms with Crippen LogP contribution in [0.15, 0.2) is 0 Å². The Hall–Kier alpha value is -0.0800. The lowest BCUT2D eigenvalue weighted by Crippen LogP contribution is -2.52. The lowest BCUT2D eigenvalue weighted by Gasteiger charge is -2.42. The Morgan fingerprint density at radius 1 is 1.15 bits per heavy atom. The van der Waals surface area contributed by atoms with Crippen molar-refractivity contribution in [2.75, 3.05) is 0 Å². The molecule has 0 amide bonds. The van der Waals surface area contributed by atoms with Gasteiger partial charge in [-0.3, -0.25) is 0 Å². The normalized spacial score (nSPS) is 34.2. The first-order valence-electron chi connectivity index (χ1n) is 5.25. The molecular formula is C11H23NO. The second-order valence-corrected chi connectivity index (χ2v) is 5.78. The van der Waals surface area contributed by atoms with Crippen LogP contribution in [0.2, 0.25) is 0 Å². The summed E-state index contributed by atoms with van der Waals surface area (Å²) in [4.78, 5) is 0. The third kappa shape index (κ3) is 2.23. The molecule has 2 heteroatoms. The summed E-state index contributed by atoms with van der Waals surface area (Å²) < 4.78 is 0. The van der Waals surface area contributed by atoms with E-state index in [-0.39, 0.29) is 11.1 Å². The molecular weight excluding hydrogens is 162 g/mol. The highest BCUT2D eigenvalue weighted by Crippen LogP contribution is 2.37. The van der Waals surface area contributed by atoms with Crippen LogP contribution in [0.25, 0.3) is 0 Å². The van der Waals surface area contributed by atoms with Gasteiger partial charge in [0.05, 0.1) is 0 Å². The van der Waals surface area contributed by atoms with E-state index in [4.69, 9.17) is 0 Å². The minimum absolute atomic E-state index is 0.0751. The standard InChI is InChI=1S/C11H23NO/c1-9-6-7-10(2,3)12(13)11(4,5)8-9/h9,13H,6-8H2,1-5H3. The maximum absolute atomic E-state index is 10.1. The van der Waals surface area contributed by atoms with E-state index in [2.05, 4.69) is 34.6 Å². The predicted molar refractivity (Wildman–Crippen MR) is 54.8 cm³/mol. The molecule has 0 aliphatic carbocycles. The molecule has 13 heavy (non-hydrogen) atoms. The summed E-state index contributed by atoms with van der Waals surface area (Å²) in [5.41, 5.74) is -0.159. The van der Waals surface area contributed by atoms with Crippen LogP contribution < -0.4 is 0 Å². The van der Waals surface area contributed by atoms with Crippen molar-refractivity contribution in [3.05, 3.63) is 0 Å². The van der Waals surface area contributed by atoms with E-state index in [1.165, 1.54) is 6.42 Å². The zero-order chi connectivity index (χ0) is 10.3. The number of nitrogens with zero attached hydrogens (tertiary/aromatic N) is 1. The molecule has 0 aromatic rings. The lowest BCUT2D eigenvalue weighted by molar-refractivity contribution is -0.221. The highest BCUT2D eigenvalue weighted by Gasteiger charge is 2.40. The summed E-state index contributed by atoms with van der Waals surface area (Å²) in [6.07, 6.45) is 3.37. The Kier molecular flexibility index (Phi) is 2.75. The van der Waals surface area contributed by atoms with Crippen LogP contribution in [0, 0.1) is 5.92 Å². The quantitative estimate of drug-likeness (QED) is 0.627. The Bertz CT molecular complexity index is 187. The van der Waals surface area contributed by atoms with Gasteiger partial charge in [-0.2, -0.15) is 5.06 Å². The van der Waals surface area contributed by atoms with Gasteiger partial charge in [-0.1, -0.05) is 6.92 Å². The second-order valence-electron chi connectivity index (χ2n) is 5.78. The van der Waals surface area contributed by atoms with Crippen molar-refractivity contribution >= 4 is 0 Å². The van der Waals surface area contributed by atoms with E-state index < -0.39 is 0 Å². The van der Waals surface area contributed by atoms with Crippen molar-refractivity contribution in [3.8, 4) is 0 Å². The molecule has 1 rings (SSSR count). The van der Waals surface area contributed by atoms with Crippen LogP contribution in [0.4, 0.5) is 0 Å². The molecule has 1 unspecified atom stereocenters. The van der Waals surface area contributed by atoms with Gasteiger partial charge in [-0.25, -0.2) is 0 Å².